The van der Waals surface area contributed by atoms with E-state index < -0.39 is 21.3 Å². The average Bonchev–Trinajstić information content (AvgIpc) is 2.48. The van der Waals surface area contributed by atoms with Crippen molar-refractivity contribution in [1.82, 2.24) is 0 Å². The van der Waals surface area contributed by atoms with E-state index in [2.05, 4.69) is 0 Å². The van der Waals surface area contributed by atoms with Gasteiger partial charge in [0.15, 0.2) is 0 Å². The Balaban J connectivity index is 0.000000709. The quantitative estimate of drug-likeness (QED) is 0.710. The zero-order valence-electron chi connectivity index (χ0n) is 12.8. The largest absolute Gasteiger partial charge is 2.00 e. The van der Waals surface area contributed by atoms with E-state index in [9.17, 15) is 18.6 Å². The Kier molecular flexibility index (Phi) is 9.01. The standard InChI is InChI=1S/C12H10O4S.C3H10N2.Zn/c13-9-5-1-3-7-11(9)17(15,16)12-8-4-2-6-10(12)14;1-3(5)2-4;/h1-8,13-14H;3H,2,4-5H2,1H3;/q;;+2/p-2. The van der Waals surface area contributed by atoms with Gasteiger partial charge >= 0.3 is 19.5 Å². The summed E-state index contributed by atoms with van der Waals surface area (Å²) in [4.78, 5) is -0.744. The maximum atomic E-state index is 12.1. The second-order valence-electron chi connectivity index (χ2n) is 4.61. The van der Waals surface area contributed by atoms with Gasteiger partial charge < -0.3 is 21.7 Å². The van der Waals surface area contributed by atoms with Gasteiger partial charge in [-0.1, -0.05) is 47.9 Å². The van der Waals surface area contributed by atoms with E-state index in [0.717, 1.165) is 12.1 Å². The van der Waals surface area contributed by atoms with Crippen molar-refractivity contribution < 1.29 is 38.1 Å². The van der Waals surface area contributed by atoms with Gasteiger partial charge in [0.25, 0.3) is 0 Å². The Labute approximate surface area is 148 Å². The number of benzene rings is 2. The molecule has 0 spiro atoms. The normalized spacial score (nSPS) is 11.6. The minimum atomic E-state index is -4.03. The Morgan fingerprint density at radius 1 is 0.957 bits per heavy atom. The smallest absolute Gasteiger partial charge is 0.872 e. The van der Waals surface area contributed by atoms with Crippen molar-refractivity contribution in [2.45, 2.75) is 22.8 Å². The van der Waals surface area contributed by atoms with Gasteiger partial charge in [-0.15, -0.1) is 0 Å². The van der Waals surface area contributed by atoms with Gasteiger partial charge in [-0.3, -0.25) is 0 Å². The molecule has 0 aliphatic carbocycles. The van der Waals surface area contributed by atoms with Crippen LogP contribution in [0, 0.1) is 0 Å². The summed E-state index contributed by atoms with van der Waals surface area (Å²) in [5, 5.41) is 22.9. The van der Waals surface area contributed by atoms with Gasteiger partial charge in [0.05, 0.1) is 9.79 Å². The Morgan fingerprint density at radius 3 is 1.52 bits per heavy atom. The second-order valence-corrected chi connectivity index (χ2v) is 6.50. The van der Waals surface area contributed by atoms with Crippen LogP contribution in [0.4, 0.5) is 0 Å². The molecule has 1 atom stereocenters. The molecule has 0 radical (unpaired) electrons. The van der Waals surface area contributed by atoms with E-state index in [1.165, 1.54) is 36.4 Å². The molecule has 0 bridgehead atoms. The minimum absolute atomic E-state index is 0. The molecule has 8 heteroatoms. The average molecular weight is 388 g/mol. The summed E-state index contributed by atoms with van der Waals surface area (Å²) < 4.78 is 24.2. The summed E-state index contributed by atoms with van der Waals surface area (Å²) in [5.41, 5.74) is 10.2. The van der Waals surface area contributed by atoms with Crippen LogP contribution in [0.5, 0.6) is 11.5 Å². The van der Waals surface area contributed by atoms with E-state index in [0.29, 0.717) is 6.54 Å². The molecular formula is C15H18N2O4SZn. The molecule has 120 valence electrons. The summed E-state index contributed by atoms with van der Waals surface area (Å²) in [6, 6.07) is 10.7. The number of sulfone groups is 1. The summed E-state index contributed by atoms with van der Waals surface area (Å²) in [5.74, 6) is -1.23. The van der Waals surface area contributed by atoms with E-state index >= 15 is 0 Å². The van der Waals surface area contributed by atoms with Crippen LogP contribution in [0.3, 0.4) is 0 Å². The summed E-state index contributed by atoms with van der Waals surface area (Å²) >= 11 is 0. The first kappa shape index (κ1) is 21.5. The number of rotatable bonds is 3. The molecule has 6 nitrogen and oxygen atoms in total. The van der Waals surface area contributed by atoms with Crippen molar-refractivity contribution >= 4 is 9.84 Å². The summed E-state index contributed by atoms with van der Waals surface area (Å²) in [7, 11) is -4.03. The van der Waals surface area contributed by atoms with Crippen LogP contribution >= 0.6 is 0 Å². The molecule has 0 amide bonds. The molecule has 2 rings (SSSR count). The van der Waals surface area contributed by atoms with Crippen molar-refractivity contribution in [3.8, 4) is 11.5 Å². The van der Waals surface area contributed by atoms with Gasteiger partial charge in [-0.05, 0) is 19.1 Å². The fourth-order valence-corrected chi connectivity index (χ4v) is 2.88. The van der Waals surface area contributed by atoms with E-state index in [-0.39, 0.29) is 35.3 Å². The minimum Gasteiger partial charge on any atom is -0.872 e. The topological polar surface area (TPSA) is 132 Å². The summed E-state index contributed by atoms with van der Waals surface area (Å²) in [6.07, 6.45) is 0. The van der Waals surface area contributed by atoms with E-state index in [4.69, 9.17) is 11.5 Å². The molecule has 0 aliphatic heterocycles. The molecule has 0 aliphatic rings. The fraction of sp³-hybridized carbons (Fsp3) is 0.200. The van der Waals surface area contributed by atoms with E-state index in [1.807, 2.05) is 6.92 Å². The molecule has 2 aromatic rings. The third-order valence-corrected chi connectivity index (χ3v) is 4.48. The van der Waals surface area contributed by atoms with Crippen LogP contribution in [0.15, 0.2) is 58.3 Å². The number of para-hydroxylation sites is 2. The number of hydrogen-bond acceptors (Lipinski definition) is 6. The number of hydrogen-bond donors (Lipinski definition) is 2. The van der Waals surface area contributed by atoms with Crippen molar-refractivity contribution in [2.24, 2.45) is 11.5 Å². The Bertz CT molecular complexity index is 669. The zero-order chi connectivity index (χ0) is 16.8. The van der Waals surface area contributed by atoms with Gasteiger partial charge in [0, 0.05) is 12.6 Å². The maximum absolute atomic E-state index is 12.1. The fourth-order valence-electron chi connectivity index (χ4n) is 1.46. The molecule has 0 saturated carbocycles. The predicted molar refractivity (Wildman–Crippen MR) is 79.9 cm³/mol. The van der Waals surface area contributed by atoms with Crippen LogP contribution in [0.1, 0.15) is 6.92 Å². The van der Waals surface area contributed by atoms with Crippen molar-refractivity contribution in [1.29, 1.82) is 0 Å². The first-order chi connectivity index (χ1) is 10.3. The molecular weight excluding hydrogens is 370 g/mol. The molecule has 0 fully saturated rings. The third-order valence-electron chi connectivity index (χ3n) is 2.65. The predicted octanol–water partition coefficient (Wildman–Crippen LogP) is -0.0436. The Hall–Kier alpha value is -1.47. The summed E-state index contributed by atoms with van der Waals surface area (Å²) in [6.45, 7) is 2.46. The SMILES string of the molecule is CC(N)CN.O=S(=O)(c1ccccc1[O-])c1ccccc1[O-].[Zn+2]. The molecule has 4 N–H and O–H groups in total. The van der Waals surface area contributed by atoms with Crippen LogP contribution in [-0.4, -0.2) is 21.0 Å². The van der Waals surface area contributed by atoms with Gasteiger partial charge in [0.1, 0.15) is 0 Å². The monoisotopic (exact) mass is 386 g/mol. The maximum Gasteiger partial charge on any atom is 2.00 e. The van der Waals surface area contributed by atoms with Crippen molar-refractivity contribution in [3.63, 3.8) is 0 Å². The van der Waals surface area contributed by atoms with Crippen LogP contribution < -0.4 is 21.7 Å². The number of nitrogens with two attached hydrogens (primary N) is 2. The third kappa shape index (κ3) is 5.91. The van der Waals surface area contributed by atoms with Crippen LogP contribution in [-0.2, 0) is 29.3 Å². The molecule has 0 aromatic heterocycles. The van der Waals surface area contributed by atoms with Gasteiger partial charge in [-0.25, -0.2) is 8.42 Å². The van der Waals surface area contributed by atoms with Crippen LogP contribution in [0.2, 0.25) is 0 Å². The van der Waals surface area contributed by atoms with Crippen molar-refractivity contribution in [2.75, 3.05) is 6.54 Å². The molecule has 0 saturated heterocycles. The first-order valence-electron chi connectivity index (χ1n) is 6.53. The first-order valence-corrected chi connectivity index (χ1v) is 8.01. The Morgan fingerprint density at radius 2 is 1.26 bits per heavy atom. The van der Waals surface area contributed by atoms with Crippen molar-refractivity contribution in [3.05, 3.63) is 48.5 Å². The molecule has 1 unspecified atom stereocenters. The van der Waals surface area contributed by atoms with E-state index in [1.54, 1.807) is 0 Å². The van der Waals surface area contributed by atoms with Gasteiger partial charge in [0.2, 0.25) is 9.84 Å². The molecule has 0 heterocycles. The molecule has 23 heavy (non-hydrogen) atoms. The molecule has 2 aromatic carbocycles. The zero-order valence-corrected chi connectivity index (χ0v) is 16.6. The van der Waals surface area contributed by atoms with Crippen LogP contribution in [0.25, 0.3) is 0 Å². The van der Waals surface area contributed by atoms with Gasteiger partial charge in [-0.2, -0.15) is 0 Å². The second kappa shape index (κ2) is 9.62.